The summed E-state index contributed by atoms with van der Waals surface area (Å²) in [6, 6.07) is 14.2. The Bertz CT molecular complexity index is 1090. The normalized spacial score (nSPS) is 10.8. The molecule has 0 aliphatic rings. The molecule has 0 aliphatic carbocycles. The van der Waals surface area contributed by atoms with Crippen molar-refractivity contribution in [1.29, 1.82) is 0 Å². The first-order valence-corrected chi connectivity index (χ1v) is 8.72. The summed E-state index contributed by atoms with van der Waals surface area (Å²) in [7, 11) is 3.88. The van der Waals surface area contributed by atoms with Crippen LogP contribution in [0.25, 0.3) is 10.9 Å². The number of hydrogen-bond acceptors (Lipinski definition) is 4. The van der Waals surface area contributed by atoms with E-state index in [2.05, 4.69) is 5.32 Å². The van der Waals surface area contributed by atoms with Crippen molar-refractivity contribution in [1.82, 2.24) is 9.13 Å². The van der Waals surface area contributed by atoms with Crippen LogP contribution in [0.15, 0.2) is 58.1 Å². The van der Waals surface area contributed by atoms with Crippen LogP contribution in [0.1, 0.15) is 6.92 Å². The molecule has 0 radical (unpaired) electrons. The van der Waals surface area contributed by atoms with Crippen LogP contribution in [-0.2, 0) is 17.9 Å². The second-order valence-electron chi connectivity index (χ2n) is 6.42. The first-order valence-electron chi connectivity index (χ1n) is 8.72. The topological polar surface area (TPSA) is 76.3 Å². The standard InChI is InChI=1S/C20H22N4O3/c1-4-23-19(26)16-7-5-6-8-17(16)24(20(23)27)13-18(25)21-14-9-11-15(12-10-14)22(2)3/h5-12H,4,13H2,1-3H3,(H,21,25). The molecule has 0 spiro atoms. The lowest BCUT2D eigenvalue weighted by atomic mass is 10.2. The average molecular weight is 366 g/mol. The van der Waals surface area contributed by atoms with Gasteiger partial charge in [0.1, 0.15) is 6.54 Å². The van der Waals surface area contributed by atoms with Gasteiger partial charge in [0.2, 0.25) is 5.91 Å². The predicted molar refractivity (Wildman–Crippen MR) is 108 cm³/mol. The van der Waals surface area contributed by atoms with Crippen LogP contribution >= 0.6 is 0 Å². The number of aromatic nitrogens is 2. The Kier molecular flexibility index (Phi) is 5.12. The van der Waals surface area contributed by atoms with Crippen molar-refractivity contribution in [3.05, 3.63) is 69.4 Å². The average Bonchev–Trinajstić information content (AvgIpc) is 2.66. The van der Waals surface area contributed by atoms with Crippen LogP contribution in [0.2, 0.25) is 0 Å². The van der Waals surface area contributed by atoms with Gasteiger partial charge in [-0.15, -0.1) is 0 Å². The number of carbonyl (C=O) groups excluding carboxylic acids is 1. The zero-order valence-corrected chi connectivity index (χ0v) is 15.6. The van der Waals surface area contributed by atoms with Gasteiger partial charge in [-0.25, -0.2) is 4.79 Å². The third-order valence-electron chi connectivity index (χ3n) is 4.42. The highest BCUT2D eigenvalue weighted by molar-refractivity contribution is 5.91. The van der Waals surface area contributed by atoms with Crippen molar-refractivity contribution in [3.63, 3.8) is 0 Å². The zero-order chi connectivity index (χ0) is 19.6. The summed E-state index contributed by atoms with van der Waals surface area (Å²) in [6.07, 6.45) is 0. The van der Waals surface area contributed by atoms with Gasteiger partial charge in [0.05, 0.1) is 10.9 Å². The van der Waals surface area contributed by atoms with Crippen LogP contribution in [-0.4, -0.2) is 29.1 Å². The summed E-state index contributed by atoms with van der Waals surface area (Å²) in [4.78, 5) is 39.6. The van der Waals surface area contributed by atoms with Crippen molar-refractivity contribution < 1.29 is 4.79 Å². The summed E-state index contributed by atoms with van der Waals surface area (Å²) in [6.45, 7) is 1.81. The molecule has 140 valence electrons. The molecule has 1 amide bonds. The lowest BCUT2D eigenvalue weighted by molar-refractivity contribution is -0.116. The molecule has 0 atom stereocenters. The van der Waals surface area contributed by atoms with Gasteiger partial charge in [0, 0.05) is 32.0 Å². The van der Waals surface area contributed by atoms with Gasteiger partial charge in [-0.1, -0.05) is 12.1 Å². The summed E-state index contributed by atoms with van der Waals surface area (Å²) < 4.78 is 2.48. The fourth-order valence-electron chi connectivity index (χ4n) is 2.99. The van der Waals surface area contributed by atoms with E-state index < -0.39 is 5.69 Å². The third kappa shape index (κ3) is 3.62. The Hall–Kier alpha value is -3.35. The van der Waals surface area contributed by atoms with Gasteiger partial charge in [-0.05, 0) is 43.3 Å². The minimum absolute atomic E-state index is 0.172. The van der Waals surface area contributed by atoms with Crippen molar-refractivity contribution in [2.24, 2.45) is 0 Å². The molecule has 1 heterocycles. The number of amides is 1. The molecular formula is C20H22N4O3. The lowest BCUT2D eigenvalue weighted by Crippen LogP contribution is -2.41. The Morgan fingerprint density at radius 1 is 1.00 bits per heavy atom. The van der Waals surface area contributed by atoms with Gasteiger partial charge in [-0.3, -0.25) is 18.7 Å². The van der Waals surface area contributed by atoms with E-state index in [4.69, 9.17) is 0 Å². The molecule has 1 N–H and O–H groups in total. The van der Waals surface area contributed by atoms with Crippen LogP contribution in [0.3, 0.4) is 0 Å². The number of benzene rings is 2. The molecule has 0 unspecified atom stereocenters. The summed E-state index contributed by atoms with van der Waals surface area (Å²) >= 11 is 0. The predicted octanol–water partition coefficient (Wildman–Crippen LogP) is 1.89. The molecule has 0 saturated carbocycles. The Morgan fingerprint density at radius 3 is 2.30 bits per heavy atom. The molecule has 0 saturated heterocycles. The largest absolute Gasteiger partial charge is 0.378 e. The summed E-state index contributed by atoms with van der Waals surface area (Å²) in [5.41, 5.74) is 1.29. The number of nitrogens with one attached hydrogen (secondary N) is 1. The molecule has 2 aromatic carbocycles. The van der Waals surface area contributed by atoms with Crippen LogP contribution in [0.4, 0.5) is 11.4 Å². The minimum Gasteiger partial charge on any atom is -0.378 e. The van der Waals surface area contributed by atoms with E-state index in [1.54, 1.807) is 43.3 Å². The molecule has 7 nitrogen and oxygen atoms in total. The molecule has 3 aromatic rings. The fraction of sp³-hybridized carbons (Fsp3) is 0.250. The number of nitrogens with zero attached hydrogens (tertiary/aromatic N) is 3. The van der Waals surface area contributed by atoms with E-state index in [1.807, 2.05) is 31.1 Å². The number of fused-ring (bicyclic) bond motifs is 1. The molecule has 0 bridgehead atoms. The highest BCUT2D eigenvalue weighted by Gasteiger charge is 2.14. The molecule has 0 aliphatic heterocycles. The number of rotatable bonds is 5. The van der Waals surface area contributed by atoms with Crippen molar-refractivity contribution in [2.45, 2.75) is 20.0 Å². The van der Waals surface area contributed by atoms with Crippen molar-refractivity contribution in [3.8, 4) is 0 Å². The summed E-state index contributed by atoms with van der Waals surface area (Å²) in [5.74, 6) is -0.332. The minimum atomic E-state index is -0.487. The van der Waals surface area contributed by atoms with E-state index in [0.717, 1.165) is 10.3 Å². The molecule has 7 heteroatoms. The maximum Gasteiger partial charge on any atom is 0.331 e. The Morgan fingerprint density at radius 2 is 1.67 bits per heavy atom. The number of anilines is 2. The van der Waals surface area contributed by atoms with Crippen LogP contribution in [0.5, 0.6) is 0 Å². The maximum atomic E-state index is 12.7. The van der Waals surface area contributed by atoms with Gasteiger partial charge >= 0.3 is 5.69 Å². The van der Waals surface area contributed by atoms with Crippen LogP contribution in [0, 0.1) is 0 Å². The molecule has 1 aromatic heterocycles. The molecular weight excluding hydrogens is 344 g/mol. The van der Waals surface area contributed by atoms with Crippen molar-refractivity contribution in [2.75, 3.05) is 24.3 Å². The first kappa shape index (κ1) is 18.4. The van der Waals surface area contributed by atoms with E-state index in [9.17, 15) is 14.4 Å². The number of hydrogen-bond donors (Lipinski definition) is 1. The van der Waals surface area contributed by atoms with Gasteiger partial charge < -0.3 is 10.2 Å². The first-order chi connectivity index (χ1) is 12.9. The van der Waals surface area contributed by atoms with E-state index >= 15 is 0 Å². The maximum absolute atomic E-state index is 12.7. The number of para-hydroxylation sites is 1. The van der Waals surface area contributed by atoms with E-state index in [0.29, 0.717) is 16.6 Å². The molecule has 3 rings (SSSR count). The highest BCUT2D eigenvalue weighted by atomic mass is 16.2. The Balaban J connectivity index is 1.93. The lowest BCUT2D eigenvalue weighted by Gasteiger charge is -2.14. The van der Waals surface area contributed by atoms with Crippen molar-refractivity contribution >= 4 is 28.2 Å². The van der Waals surface area contributed by atoms with Gasteiger partial charge in [0.25, 0.3) is 5.56 Å². The monoisotopic (exact) mass is 366 g/mol. The second kappa shape index (κ2) is 7.49. The molecule has 27 heavy (non-hydrogen) atoms. The zero-order valence-electron chi connectivity index (χ0n) is 15.6. The quantitative estimate of drug-likeness (QED) is 0.748. The van der Waals surface area contributed by atoms with Gasteiger partial charge in [-0.2, -0.15) is 0 Å². The highest BCUT2D eigenvalue weighted by Crippen LogP contribution is 2.16. The van der Waals surface area contributed by atoms with Gasteiger partial charge in [0.15, 0.2) is 0 Å². The third-order valence-corrected chi connectivity index (χ3v) is 4.42. The number of carbonyl (C=O) groups is 1. The smallest absolute Gasteiger partial charge is 0.331 e. The Labute approximate surface area is 156 Å². The van der Waals surface area contributed by atoms with E-state index in [-0.39, 0.29) is 24.6 Å². The summed E-state index contributed by atoms with van der Waals surface area (Å²) in [5, 5.41) is 3.21. The van der Waals surface area contributed by atoms with Crippen LogP contribution < -0.4 is 21.5 Å². The van der Waals surface area contributed by atoms with E-state index in [1.165, 1.54) is 4.57 Å². The molecule has 0 fully saturated rings. The fourth-order valence-corrected chi connectivity index (χ4v) is 2.99. The SMILES string of the molecule is CCn1c(=O)c2ccccc2n(CC(=O)Nc2ccc(N(C)C)cc2)c1=O. The second-order valence-corrected chi connectivity index (χ2v) is 6.42.